The molecule has 2 aromatic rings. The molecule has 0 saturated heterocycles. The Hall–Kier alpha value is -1.26. The predicted octanol–water partition coefficient (Wildman–Crippen LogP) is 12.4. The molecule has 1 aliphatic carbocycles. The fraction of sp³-hybridized carbons (Fsp3) is 0.707. The Morgan fingerprint density at radius 3 is 1.44 bits per heavy atom. The van der Waals surface area contributed by atoms with Crippen molar-refractivity contribution >= 4 is 23.5 Å². The summed E-state index contributed by atoms with van der Waals surface area (Å²) in [5, 5.41) is 23.4. The van der Waals surface area contributed by atoms with E-state index >= 15 is 0 Å². The van der Waals surface area contributed by atoms with Gasteiger partial charge in [-0.15, -0.1) is 0 Å². The number of aromatic hydroxyl groups is 2. The van der Waals surface area contributed by atoms with Gasteiger partial charge < -0.3 is 10.2 Å². The van der Waals surface area contributed by atoms with Gasteiger partial charge in [0.2, 0.25) is 0 Å². The smallest absolute Gasteiger partial charge is 0.122 e. The fourth-order valence-electron chi connectivity index (χ4n) is 6.47. The van der Waals surface area contributed by atoms with E-state index in [0.717, 1.165) is 52.4 Å². The average molecular weight is 655 g/mol. The van der Waals surface area contributed by atoms with Crippen molar-refractivity contribution in [2.24, 2.45) is 16.7 Å². The van der Waals surface area contributed by atoms with E-state index in [0.29, 0.717) is 22.7 Å². The van der Waals surface area contributed by atoms with Crippen LogP contribution in [0.2, 0.25) is 0 Å². The zero-order valence-electron chi connectivity index (χ0n) is 31.0. The minimum Gasteiger partial charge on any atom is -0.507 e. The third-order valence-electron chi connectivity index (χ3n) is 9.09. The van der Waals surface area contributed by atoms with Gasteiger partial charge in [-0.1, -0.05) is 133 Å². The molecular weight excluding hydrogens is 589 g/mol. The molecule has 0 aromatic heterocycles. The molecule has 0 bridgehead atoms. The summed E-state index contributed by atoms with van der Waals surface area (Å²) in [5.41, 5.74) is 7.36. The molecule has 4 heteroatoms. The quantitative estimate of drug-likeness (QED) is 0.282. The van der Waals surface area contributed by atoms with Gasteiger partial charge in [0.05, 0.1) is 0 Å². The highest BCUT2D eigenvalue weighted by Crippen LogP contribution is 2.41. The first-order valence-corrected chi connectivity index (χ1v) is 19.7. The Morgan fingerprint density at radius 1 is 0.578 bits per heavy atom. The second-order valence-electron chi connectivity index (χ2n) is 18.4. The van der Waals surface area contributed by atoms with Crippen molar-refractivity contribution in [2.45, 2.75) is 162 Å². The van der Waals surface area contributed by atoms with E-state index in [1.807, 2.05) is 11.8 Å². The third-order valence-corrected chi connectivity index (χ3v) is 11.8. The summed E-state index contributed by atoms with van der Waals surface area (Å²) in [6.45, 7) is 27.2. The highest BCUT2D eigenvalue weighted by atomic mass is 32.2. The molecular formula is C41H66O2S2. The fourth-order valence-corrected chi connectivity index (χ4v) is 9.31. The molecule has 2 unspecified atom stereocenters. The molecule has 2 N–H and O–H groups in total. The van der Waals surface area contributed by atoms with Gasteiger partial charge >= 0.3 is 0 Å². The van der Waals surface area contributed by atoms with Crippen LogP contribution in [0.3, 0.4) is 0 Å². The van der Waals surface area contributed by atoms with Gasteiger partial charge in [-0.2, -0.15) is 23.5 Å². The molecule has 2 atom stereocenters. The molecule has 0 amide bonds. The highest BCUT2D eigenvalue weighted by molar-refractivity contribution is 7.99. The molecule has 0 heterocycles. The second kappa shape index (κ2) is 15.3. The maximum absolute atomic E-state index is 11.5. The maximum atomic E-state index is 11.5. The monoisotopic (exact) mass is 654 g/mol. The Kier molecular flexibility index (Phi) is 13.0. The highest BCUT2D eigenvalue weighted by Gasteiger charge is 2.27. The van der Waals surface area contributed by atoms with Crippen LogP contribution >= 0.6 is 23.5 Å². The van der Waals surface area contributed by atoms with E-state index in [4.69, 9.17) is 0 Å². The van der Waals surface area contributed by atoms with Crippen LogP contribution in [0.5, 0.6) is 11.5 Å². The van der Waals surface area contributed by atoms with E-state index in [-0.39, 0.29) is 21.7 Å². The van der Waals surface area contributed by atoms with E-state index < -0.39 is 0 Å². The zero-order chi connectivity index (χ0) is 33.8. The predicted molar refractivity (Wildman–Crippen MR) is 202 cm³/mol. The number of hydrogen-bond acceptors (Lipinski definition) is 4. The molecule has 254 valence electrons. The summed E-state index contributed by atoms with van der Waals surface area (Å²) in [6, 6.07) is 9.04. The van der Waals surface area contributed by atoms with Crippen LogP contribution in [-0.2, 0) is 35.2 Å². The molecule has 0 aliphatic heterocycles. The first-order chi connectivity index (χ1) is 20.6. The van der Waals surface area contributed by atoms with Gasteiger partial charge in [-0.05, 0) is 81.3 Å². The lowest BCUT2D eigenvalue weighted by Crippen LogP contribution is -2.22. The van der Waals surface area contributed by atoms with E-state index in [2.05, 4.69) is 119 Å². The lowest BCUT2D eigenvalue weighted by Gasteiger charge is -2.30. The van der Waals surface area contributed by atoms with Crippen LogP contribution in [0.1, 0.15) is 155 Å². The second-order valence-corrected chi connectivity index (χ2v) is 20.6. The largest absolute Gasteiger partial charge is 0.507 e. The van der Waals surface area contributed by atoms with Gasteiger partial charge in [-0.3, -0.25) is 0 Å². The standard InChI is InChI=1S/C41H66O2S2/c1-38(2,3)23-29-19-33(40(7,8)9)21-31(36(29)42)26-44-25-28-17-15-13-14-16-18-35(28)45-27-32-22-34(41(10,11)12)20-30(37(32)43)24-39(4,5)6/h19-22,28,35,42-43H,13-18,23-27H2,1-12H3. The Morgan fingerprint density at radius 2 is 1.00 bits per heavy atom. The van der Waals surface area contributed by atoms with Crippen LogP contribution in [0.15, 0.2) is 24.3 Å². The van der Waals surface area contributed by atoms with Crippen LogP contribution in [0.4, 0.5) is 0 Å². The molecule has 2 nitrogen and oxygen atoms in total. The minimum absolute atomic E-state index is 0.0434. The number of benzene rings is 2. The summed E-state index contributed by atoms with van der Waals surface area (Å²) in [4.78, 5) is 0. The average Bonchev–Trinajstić information content (AvgIpc) is 2.86. The maximum Gasteiger partial charge on any atom is 0.122 e. The molecule has 2 aromatic carbocycles. The Labute approximate surface area is 286 Å². The van der Waals surface area contributed by atoms with Crippen molar-refractivity contribution in [3.05, 3.63) is 57.6 Å². The summed E-state index contributed by atoms with van der Waals surface area (Å²) < 4.78 is 0. The third kappa shape index (κ3) is 12.0. The first-order valence-electron chi connectivity index (χ1n) is 17.5. The van der Waals surface area contributed by atoms with Crippen molar-refractivity contribution < 1.29 is 10.2 Å². The number of phenols is 2. The summed E-state index contributed by atoms with van der Waals surface area (Å²) in [6.07, 6.45) is 9.57. The summed E-state index contributed by atoms with van der Waals surface area (Å²) in [5.74, 6) is 4.50. The molecule has 45 heavy (non-hydrogen) atoms. The Balaban J connectivity index is 1.80. The number of phenolic OH excluding ortho intramolecular Hbond substituents is 2. The number of rotatable bonds is 9. The molecule has 1 aliphatic rings. The molecule has 1 fully saturated rings. The topological polar surface area (TPSA) is 40.5 Å². The summed E-state index contributed by atoms with van der Waals surface area (Å²) >= 11 is 4.09. The molecule has 1 saturated carbocycles. The van der Waals surface area contributed by atoms with Gasteiger partial charge in [0.1, 0.15) is 11.5 Å². The van der Waals surface area contributed by atoms with Crippen molar-refractivity contribution in [1.29, 1.82) is 0 Å². The lowest BCUT2D eigenvalue weighted by atomic mass is 9.81. The van der Waals surface area contributed by atoms with Crippen molar-refractivity contribution in [1.82, 2.24) is 0 Å². The zero-order valence-corrected chi connectivity index (χ0v) is 32.6. The lowest BCUT2D eigenvalue weighted by molar-refractivity contribution is 0.392. The number of thioether (sulfide) groups is 2. The molecule has 3 rings (SSSR count). The van der Waals surface area contributed by atoms with Gasteiger partial charge in [0.15, 0.2) is 0 Å². The normalized spacial score (nSPS) is 18.9. The molecule has 0 radical (unpaired) electrons. The van der Waals surface area contributed by atoms with E-state index in [1.54, 1.807) is 0 Å². The van der Waals surface area contributed by atoms with Gasteiger partial charge in [0, 0.05) is 27.9 Å². The summed E-state index contributed by atoms with van der Waals surface area (Å²) in [7, 11) is 0. The van der Waals surface area contributed by atoms with Crippen LogP contribution < -0.4 is 0 Å². The van der Waals surface area contributed by atoms with Crippen LogP contribution in [-0.4, -0.2) is 21.2 Å². The minimum atomic E-state index is 0.0434. The first kappa shape index (κ1) is 38.2. The van der Waals surface area contributed by atoms with Crippen LogP contribution in [0.25, 0.3) is 0 Å². The van der Waals surface area contributed by atoms with E-state index in [1.165, 1.54) is 49.7 Å². The van der Waals surface area contributed by atoms with E-state index in [9.17, 15) is 10.2 Å². The van der Waals surface area contributed by atoms with Crippen molar-refractivity contribution in [3.8, 4) is 11.5 Å². The van der Waals surface area contributed by atoms with Crippen LogP contribution in [0, 0.1) is 16.7 Å². The SMILES string of the molecule is CC(C)(C)Cc1cc(C(C)(C)C)cc(CSCC2CCCCCCC2SCc2cc(C(C)(C)C)cc(CC(C)(C)C)c2O)c1O. The van der Waals surface area contributed by atoms with Crippen molar-refractivity contribution in [3.63, 3.8) is 0 Å². The van der Waals surface area contributed by atoms with Crippen molar-refractivity contribution in [2.75, 3.05) is 5.75 Å². The molecule has 0 spiro atoms. The number of hydrogen-bond donors (Lipinski definition) is 2. The van der Waals surface area contributed by atoms with Gasteiger partial charge in [-0.25, -0.2) is 0 Å². The van der Waals surface area contributed by atoms with Gasteiger partial charge in [0.25, 0.3) is 0 Å². The Bertz CT molecular complexity index is 1250.